The van der Waals surface area contributed by atoms with Crippen LogP contribution in [0.15, 0.2) is 49.6 Å². The molecule has 0 radical (unpaired) electrons. The van der Waals surface area contributed by atoms with E-state index in [1.807, 2.05) is 31.2 Å². The number of nitrogens with zero attached hydrogens (tertiary/aromatic N) is 5. The Morgan fingerprint density at radius 1 is 1.25 bits per heavy atom. The number of carbonyl (C=O) groups excluding carboxylic acids is 3. The van der Waals surface area contributed by atoms with E-state index in [1.165, 1.54) is 0 Å². The van der Waals surface area contributed by atoms with Crippen LogP contribution in [0.1, 0.15) is 39.0 Å². The lowest BCUT2D eigenvalue weighted by Gasteiger charge is -2.37. The Morgan fingerprint density at radius 3 is 2.80 bits per heavy atom. The first-order valence-electron chi connectivity index (χ1n) is 13.9. The Morgan fingerprint density at radius 2 is 2.05 bits per heavy atom. The van der Waals surface area contributed by atoms with Crippen molar-refractivity contribution in [2.45, 2.75) is 61.2 Å². The molecule has 1 aromatic carbocycles. The predicted octanol–water partition coefficient (Wildman–Crippen LogP) is 2.78. The maximum atomic E-state index is 14.5. The molecule has 2 bridgehead atoms. The molecule has 1 N–H and O–H groups in total. The highest BCUT2D eigenvalue weighted by Crippen LogP contribution is 2.71. The summed E-state index contributed by atoms with van der Waals surface area (Å²) in [4.78, 5) is 45.3. The van der Waals surface area contributed by atoms with Crippen LogP contribution in [-0.2, 0) is 25.8 Å². The van der Waals surface area contributed by atoms with Crippen LogP contribution in [0.25, 0.3) is 11.0 Å². The molecule has 0 aliphatic carbocycles. The molecule has 10 nitrogen and oxygen atoms in total. The van der Waals surface area contributed by atoms with Gasteiger partial charge in [-0.25, -0.2) is 4.68 Å². The summed E-state index contributed by atoms with van der Waals surface area (Å²) in [5.41, 5.74) is 1.52. The van der Waals surface area contributed by atoms with E-state index < -0.39 is 27.4 Å². The number of aliphatic hydroxyl groups excluding tert-OH is 1. The number of thioether (sulfide) groups is 1. The molecule has 0 saturated carbocycles. The van der Waals surface area contributed by atoms with E-state index in [9.17, 15) is 19.5 Å². The maximum Gasteiger partial charge on any atom is 0.311 e. The highest BCUT2D eigenvalue weighted by Gasteiger charge is 2.77. The molecule has 5 rings (SSSR count). The molecular formula is C29H37N5O5S. The minimum absolute atomic E-state index is 0.108. The summed E-state index contributed by atoms with van der Waals surface area (Å²) in [5, 5.41) is 18.1. The third-order valence-electron chi connectivity index (χ3n) is 8.50. The van der Waals surface area contributed by atoms with Crippen molar-refractivity contribution < 1.29 is 24.2 Å². The second-order valence-electron chi connectivity index (χ2n) is 11.0. The van der Waals surface area contributed by atoms with E-state index in [-0.39, 0.29) is 50.8 Å². The smallest absolute Gasteiger partial charge is 0.311 e. The number of benzene rings is 1. The van der Waals surface area contributed by atoms with Crippen molar-refractivity contribution >= 4 is 40.6 Å². The van der Waals surface area contributed by atoms with E-state index in [2.05, 4.69) is 23.5 Å². The number of amides is 2. The van der Waals surface area contributed by atoms with Gasteiger partial charge in [-0.3, -0.25) is 14.4 Å². The first kappa shape index (κ1) is 28.4. The largest absolute Gasteiger partial charge is 0.465 e. The predicted molar refractivity (Wildman–Crippen MR) is 152 cm³/mol. The number of fused-ring (bicyclic) bond motifs is 2. The number of hydrogen-bond acceptors (Lipinski definition) is 8. The molecule has 4 heterocycles. The van der Waals surface area contributed by atoms with Crippen molar-refractivity contribution in [1.29, 1.82) is 0 Å². The lowest BCUT2D eigenvalue weighted by atomic mass is 9.66. The third-order valence-corrected chi connectivity index (χ3v) is 10.5. The van der Waals surface area contributed by atoms with Crippen LogP contribution < -0.4 is 0 Å². The van der Waals surface area contributed by atoms with Crippen molar-refractivity contribution in [3.63, 3.8) is 0 Å². The maximum absolute atomic E-state index is 14.5. The zero-order valence-electron chi connectivity index (χ0n) is 22.9. The van der Waals surface area contributed by atoms with Crippen molar-refractivity contribution in [3.8, 4) is 0 Å². The van der Waals surface area contributed by atoms with Gasteiger partial charge in [-0.1, -0.05) is 29.5 Å². The topological polar surface area (TPSA) is 118 Å². The molecule has 5 atom stereocenters. The third kappa shape index (κ3) is 4.62. The van der Waals surface area contributed by atoms with Crippen molar-refractivity contribution in [1.82, 2.24) is 24.8 Å². The van der Waals surface area contributed by atoms with Crippen LogP contribution in [-0.4, -0.2) is 89.5 Å². The van der Waals surface area contributed by atoms with Gasteiger partial charge in [0.25, 0.3) is 0 Å². The SMILES string of the molecule is C=CCCCOC(=O)[C@H]1[C@H]2C(=O)N(CCCO)C(C(=O)N(CC=C)Cn3nnc4ccccc43)C23CC[C@]1(C)S3. The molecule has 2 unspecified atom stereocenters. The van der Waals surface area contributed by atoms with Gasteiger partial charge in [-0.15, -0.1) is 30.0 Å². The molecule has 2 aromatic rings. The van der Waals surface area contributed by atoms with Crippen molar-refractivity contribution in [2.24, 2.45) is 11.8 Å². The number of para-hydroxylation sites is 1. The lowest BCUT2D eigenvalue weighted by molar-refractivity contribution is -0.155. The Hall–Kier alpha value is -3.18. The summed E-state index contributed by atoms with van der Waals surface area (Å²) in [5.74, 6) is -2.09. The summed E-state index contributed by atoms with van der Waals surface area (Å²) >= 11 is 1.61. The summed E-state index contributed by atoms with van der Waals surface area (Å²) in [6.07, 6.45) is 6.54. The molecule has 1 aromatic heterocycles. The first-order chi connectivity index (χ1) is 19.3. The monoisotopic (exact) mass is 567 g/mol. The normalized spacial score (nSPS) is 28.6. The average Bonchev–Trinajstić information content (AvgIpc) is 3.65. The van der Waals surface area contributed by atoms with Gasteiger partial charge in [0.1, 0.15) is 18.2 Å². The summed E-state index contributed by atoms with van der Waals surface area (Å²) in [7, 11) is 0. The van der Waals surface area contributed by atoms with Gasteiger partial charge >= 0.3 is 5.97 Å². The van der Waals surface area contributed by atoms with Gasteiger partial charge in [-0.05, 0) is 51.2 Å². The second-order valence-corrected chi connectivity index (χ2v) is 12.9. The van der Waals surface area contributed by atoms with Crippen LogP contribution >= 0.6 is 11.8 Å². The molecule has 40 heavy (non-hydrogen) atoms. The number of esters is 1. The van der Waals surface area contributed by atoms with Crippen LogP contribution in [0, 0.1) is 11.8 Å². The number of allylic oxidation sites excluding steroid dienone is 1. The number of ether oxygens (including phenoxy) is 1. The van der Waals surface area contributed by atoms with Gasteiger partial charge in [0, 0.05) is 24.4 Å². The van der Waals surface area contributed by atoms with Crippen molar-refractivity contribution in [3.05, 3.63) is 49.6 Å². The van der Waals surface area contributed by atoms with E-state index in [0.29, 0.717) is 25.7 Å². The molecule has 2 amide bonds. The second kappa shape index (κ2) is 11.4. The fourth-order valence-corrected chi connectivity index (χ4v) is 9.10. The minimum atomic E-state index is -0.781. The molecule has 3 saturated heterocycles. The van der Waals surface area contributed by atoms with Crippen LogP contribution in [0.2, 0.25) is 0 Å². The van der Waals surface area contributed by atoms with Crippen molar-refractivity contribution in [2.75, 3.05) is 26.3 Å². The molecular weight excluding hydrogens is 530 g/mol. The molecule has 3 aliphatic rings. The Bertz CT molecular complexity index is 1310. The van der Waals surface area contributed by atoms with Gasteiger partial charge in [0.05, 0.1) is 28.7 Å². The zero-order chi connectivity index (χ0) is 28.5. The average molecular weight is 568 g/mol. The Labute approximate surface area is 238 Å². The standard InChI is InChI=1S/C29H37N5O5S/c1-4-6-9-18-39-27(38)23-22-25(36)33(16-10-17-35)24(29(22)14-13-28(23,3)40-29)26(37)32(15-5-2)19-34-21-12-8-7-11-20(21)30-31-34/h4-5,7-8,11-12,22-24,35H,1-2,6,9-10,13-19H2,3H3/t22-,23+,24?,28-,29?/m0/s1. The van der Waals surface area contributed by atoms with Gasteiger partial charge in [0.2, 0.25) is 11.8 Å². The minimum Gasteiger partial charge on any atom is -0.465 e. The summed E-state index contributed by atoms with van der Waals surface area (Å²) in [6, 6.07) is 6.75. The number of aliphatic hydroxyl groups is 1. The van der Waals surface area contributed by atoms with E-state index in [1.54, 1.807) is 38.4 Å². The number of rotatable bonds is 13. The van der Waals surface area contributed by atoms with Crippen LogP contribution in [0.3, 0.4) is 0 Å². The number of hydrogen-bond donors (Lipinski definition) is 1. The van der Waals surface area contributed by atoms with Gasteiger partial charge in [0.15, 0.2) is 0 Å². The molecule has 3 aliphatic heterocycles. The quantitative estimate of drug-likeness (QED) is 0.223. The number of likely N-dealkylation sites (tertiary alicyclic amines) is 1. The molecule has 1 spiro atoms. The Balaban J connectivity index is 1.48. The first-order valence-corrected chi connectivity index (χ1v) is 14.7. The number of carbonyl (C=O) groups is 3. The molecule has 3 fully saturated rings. The highest BCUT2D eigenvalue weighted by molar-refractivity contribution is 8.02. The van der Waals surface area contributed by atoms with E-state index >= 15 is 0 Å². The molecule has 11 heteroatoms. The van der Waals surface area contributed by atoms with E-state index in [0.717, 1.165) is 17.5 Å². The van der Waals surface area contributed by atoms with Gasteiger partial charge in [-0.2, -0.15) is 0 Å². The number of unbranched alkanes of at least 4 members (excludes halogenated alkanes) is 1. The van der Waals surface area contributed by atoms with Gasteiger partial charge < -0.3 is 19.6 Å². The lowest BCUT2D eigenvalue weighted by Crippen LogP contribution is -2.55. The summed E-state index contributed by atoms with van der Waals surface area (Å²) in [6.45, 7) is 10.4. The Kier molecular flexibility index (Phi) is 8.05. The summed E-state index contributed by atoms with van der Waals surface area (Å²) < 4.78 is 6.09. The number of aromatic nitrogens is 3. The molecule has 214 valence electrons. The van der Waals surface area contributed by atoms with E-state index in [4.69, 9.17) is 4.74 Å². The van der Waals surface area contributed by atoms with Crippen LogP contribution in [0.4, 0.5) is 0 Å². The fourth-order valence-electron chi connectivity index (χ4n) is 6.76. The highest BCUT2D eigenvalue weighted by atomic mass is 32.2. The van der Waals surface area contributed by atoms with Crippen LogP contribution in [0.5, 0.6) is 0 Å². The fraction of sp³-hybridized carbons (Fsp3) is 0.552. The zero-order valence-corrected chi connectivity index (χ0v) is 23.7.